The van der Waals surface area contributed by atoms with Gasteiger partial charge in [-0.2, -0.15) is 0 Å². The summed E-state index contributed by atoms with van der Waals surface area (Å²) in [5.41, 5.74) is 2.47. The fourth-order valence-corrected chi connectivity index (χ4v) is 4.43. The zero-order valence-corrected chi connectivity index (χ0v) is 16.5. The molecule has 136 valence electrons. The van der Waals surface area contributed by atoms with Crippen LogP contribution in [0.5, 0.6) is 11.5 Å². The molecule has 2 aromatic carbocycles. The molecule has 25 heavy (non-hydrogen) atoms. The molecule has 0 aliphatic carbocycles. The van der Waals surface area contributed by atoms with Crippen molar-refractivity contribution in [3.8, 4) is 11.5 Å². The molecule has 0 radical (unpaired) electrons. The highest BCUT2D eigenvalue weighted by atomic mass is 32.2. The van der Waals surface area contributed by atoms with Crippen molar-refractivity contribution in [3.63, 3.8) is 0 Å². The van der Waals surface area contributed by atoms with E-state index in [1.54, 1.807) is 23.9 Å². The summed E-state index contributed by atoms with van der Waals surface area (Å²) in [5, 5.41) is 0. The Morgan fingerprint density at radius 1 is 1.00 bits per heavy atom. The van der Waals surface area contributed by atoms with Gasteiger partial charge in [-0.15, -0.1) is 11.8 Å². The molecule has 0 amide bonds. The lowest BCUT2D eigenvalue weighted by Crippen LogP contribution is -2.26. The molecule has 5 nitrogen and oxygen atoms in total. The molecule has 7 heteroatoms. The molecule has 0 heterocycles. The maximum atomic E-state index is 12.5. The third-order valence-corrected chi connectivity index (χ3v) is 6.28. The highest BCUT2D eigenvalue weighted by Gasteiger charge is 2.20. The van der Waals surface area contributed by atoms with Gasteiger partial charge in [0.2, 0.25) is 10.0 Å². The Bertz CT molecular complexity index is 835. The molecule has 0 atom stereocenters. The van der Waals surface area contributed by atoms with Crippen LogP contribution in [0.1, 0.15) is 11.1 Å². The van der Waals surface area contributed by atoms with Crippen molar-refractivity contribution in [3.05, 3.63) is 47.5 Å². The number of sulfonamides is 1. The summed E-state index contributed by atoms with van der Waals surface area (Å²) >= 11 is 1.61. The second-order valence-electron chi connectivity index (χ2n) is 5.51. The van der Waals surface area contributed by atoms with Crippen LogP contribution in [0.15, 0.2) is 46.2 Å². The fraction of sp³-hybridized carbons (Fsp3) is 0.333. The first-order valence-electron chi connectivity index (χ1n) is 7.79. The minimum Gasteiger partial charge on any atom is -0.497 e. The highest BCUT2D eigenvalue weighted by molar-refractivity contribution is 7.99. The summed E-state index contributed by atoms with van der Waals surface area (Å²) in [5.74, 6) is 1.38. The lowest BCUT2D eigenvalue weighted by Gasteiger charge is -2.12. The van der Waals surface area contributed by atoms with Gasteiger partial charge in [-0.25, -0.2) is 13.1 Å². The van der Waals surface area contributed by atoms with Gasteiger partial charge in [-0.3, -0.25) is 0 Å². The standard InChI is InChI=1S/C18H23NO4S2/c1-13-5-7-16(11-14(13)2)24-10-9-19-25(20,21)18-12-15(22-3)6-8-17(18)23-4/h5-8,11-12,19H,9-10H2,1-4H3. The molecule has 2 rings (SSSR count). The van der Waals surface area contributed by atoms with E-state index in [-0.39, 0.29) is 10.6 Å². The average molecular weight is 382 g/mol. The Hall–Kier alpha value is -1.70. The van der Waals surface area contributed by atoms with E-state index < -0.39 is 10.0 Å². The molecule has 0 fully saturated rings. The third-order valence-electron chi connectivity index (χ3n) is 3.80. The van der Waals surface area contributed by atoms with Crippen molar-refractivity contribution < 1.29 is 17.9 Å². The van der Waals surface area contributed by atoms with E-state index in [4.69, 9.17) is 9.47 Å². The van der Waals surface area contributed by atoms with Crippen molar-refractivity contribution >= 4 is 21.8 Å². The van der Waals surface area contributed by atoms with Crippen molar-refractivity contribution in [2.45, 2.75) is 23.6 Å². The van der Waals surface area contributed by atoms with Gasteiger partial charge in [0.25, 0.3) is 0 Å². The summed E-state index contributed by atoms with van der Waals surface area (Å²) in [7, 11) is -0.740. The Labute approximate surface area is 153 Å². The van der Waals surface area contributed by atoms with Gasteiger partial charge >= 0.3 is 0 Å². The van der Waals surface area contributed by atoms with E-state index in [1.165, 1.54) is 31.4 Å². The molecule has 0 unspecified atom stereocenters. The molecule has 0 aromatic heterocycles. The van der Waals surface area contributed by atoms with Gasteiger partial charge in [-0.1, -0.05) is 6.07 Å². The molecule has 1 N–H and O–H groups in total. The summed E-state index contributed by atoms with van der Waals surface area (Å²) < 4.78 is 37.9. The smallest absolute Gasteiger partial charge is 0.244 e. The maximum absolute atomic E-state index is 12.5. The first kappa shape index (κ1) is 19.6. The molecule has 0 saturated carbocycles. The third kappa shape index (κ3) is 5.14. The highest BCUT2D eigenvalue weighted by Crippen LogP contribution is 2.28. The van der Waals surface area contributed by atoms with Gasteiger partial charge < -0.3 is 9.47 Å². The van der Waals surface area contributed by atoms with Crippen LogP contribution >= 0.6 is 11.8 Å². The Balaban J connectivity index is 2.00. The summed E-state index contributed by atoms with van der Waals surface area (Å²) in [6.45, 7) is 4.46. The lowest BCUT2D eigenvalue weighted by molar-refractivity contribution is 0.392. The van der Waals surface area contributed by atoms with Crippen LogP contribution < -0.4 is 14.2 Å². The number of nitrogens with one attached hydrogen (secondary N) is 1. The number of methoxy groups -OCH3 is 2. The number of aryl methyl sites for hydroxylation is 2. The van der Waals surface area contributed by atoms with Crippen LogP contribution in [0.25, 0.3) is 0 Å². The minimum absolute atomic E-state index is 0.0746. The van der Waals surface area contributed by atoms with Crippen LogP contribution in [-0.2, 0) is 10.0 Å². The zero-order chi connectivity index (χ0) is 18.4. The van der Waals surface area contributed by atoms with E-state index in [2.05, 4.69) is 30.7 Å². The van der Waals surface area contributed by atoms with Crippen molar-refractivity contribution in [1.29, 1.82) is 0 Å². The molecule has 0 aliphatic heterocycles. The summed E-state index contributed by atoms with van der Waals surface area (Å²) in [6.07, 6.45) is 0. The molecule has 0 aliphatic rings. The number of ether oxygens (including phenoxy) is 2. The van der Waals surface area contributed by atoms with Crippen LogP contribution in [0, 0.1) is 13.8 Å². The van der Waals surface area contributed by atoms with E-state index in [0.29, 0.717) is 18.0 Å². The van der Waals surface area contributed by atoms with Crippen molar-refractivity contribution in [1.82, 2.24) is 4.72 Å². The van der Waals surface area contributed by atoms with Gasteiger partial charge in [0.15, 0.2) is 0 Å². The SMILES string of the molecule is COc1ccc(OC)c(S(=O)(=O)NCCSc2ccc(C)c(C)c2)c1. The largest absolute Gasteiger partial charge is 0.497 e. The Kier molecular flexibility index (Phi) is 6.75. The Morgan fingerprint density at radius 3 is 2.40 bits per heavy atom. The predicted molar refractivity (Wildman–Crippen MR) is 101 cm³/mol. The molecule has 0 saturated heterocycles. The van der Waals surface area contributed by atoms with E-state index >= 15 is 0 Å². The van der Waals surface area contributed by atoms with Crippen LogP contribution in [0.2, 0.25) is 0 Å². The molecule has 2 aromatic rings. The van der Waals surface area contributed by atoms with E-state index in [9.17, 15) is 8.42 Å². The topological polar surface area (TPSA) is 64.6 Å². The number of hydrogen-bond acceptors (Lipinski definition) is 5. The second kappa shape index (κ2) is 8.60. The number of thioether (sulfide) groups is 1. The van der Waals surface area contributed by atoms with Gasteiger partial charge in [-0.05, 0) is 49.2 Å². The maximum Gasteiger partial charge on any atom is 0.244 e. The van der Waals surface area contributed by atoms with Crippen LogP contribution in [-0.4, -0.2) is 34.9 Å². The van der Waals surface area contributed by atoms with Gasteiger partial charge in [0, 0.05) is 23.3 Å². The summed E-state index contributed by atoms with van der Waals surface area (Å²) in [4.78, 5) is 1.20. The molecular weight excluding hydrogens is 358 g/mol. The van der Waals surface area contributed by atoms with E-state index in [0.717, 1.165) is 4.90 Å². The van der Waals surface area contributed by atoms with Crippen molar-refractivity contribution in [2.75, 3.05) is 26.5 Å². The second-order valence-corrected chi connectivity index (χ2v) is 8.41. The quantitative estimate of drug-likeness (QED) is 0.561. The number of hydrogen-bond donors (Lipinski definition) is 1. The first-order valence-corrected chi connectivity index (χ1v) is 10.3. The van der Waals surface area contributed by atoms with Crippen LogP contribution in [0.3, 0.4) is 0 Å². The molecular formula is C18H23NO4S2. The van der Waals surface area contributed by atoms with E-state index in [1.807, 2.05) is 6.07 Å². The average Bonchev–Trinajstić information content (AvgIpc) is 2.61. The van der Waals surface area contributed by atoms with Crippen LogP contribution in [0.4, 0.5) is 0 Å². The van der Waals surface area contributed by atoms with Gasteiger partial charge in [0.05, 0.1) is 14.2 Å². The first-order chi connectivity index (χ1) is 11.9. The summed E-state index contributed by atoms with van der Waals surface area (Å²) in [6, 6.07) is 10.9. The zero-order valence-electron chi connectivity index (χ0n) is 14.8. The molecule has 0 spiro atoms. The van der Waals surface area contributed by atoms with Gasteiger partial charge in [0.1, 0.15) is 16.4 Å². The fourth-order valence-electron chi connectivity index (χ4n) is 2.22. The number of rotatable bonds is 8. The van der Waals surface area contributed by atoms with Crippen molar-refractivity contribution in [2.24, 2.45) is 0 Å². The lowest BCUT2D eigenvalue weighted by atomic mass is 10.1. The number of benzene rings is 2. The normalized spacial score (nSPS) is 11.4. The predicted octanol–water partition coefficient (Wildman–Crippen LogP) is 3.39. The minimum atomic E-state index is -3.67. The Morgan fingerprint density at radius 2 is 1.76 bits per heavy atom. The monoisotopic (exact) mass is 381 g/mol. The molecule has 0 bridgehead atoms.